The van der Waals surface area contributed by atoms with Gasteiger partial charge in [-0.3, -0.25) is 9.36 Å². The Morgan fingerprint density at radius 2 is 2.00 bits per heavy atom. The highest BCUT2D eigenvalue weighted by molar-refractivity contribution is 14.1. The number of fused-ring (bicyclic) bond motifs is 1. The second-order valence-electron chi connectivity index (χ2n) is 8.72. The topological polar surface area (TPSA) is 93.7 Å². The van der Waals surface area contributed by atoms with E-state index in [1.54, 1.807) is 30.5 Å². The van der Waals surface area contributed by atoms with E-state index in [0.29, 0.717) is 38.5 Å². The number of carbonyl (C=O) groups is 1. The number of ether oxygens (including phenoxy) is 2. The second kappa shape index (κ2) is 12.4. The molecule has 0 N–H and O–H groups in total. The largest absolute Gasteiger partial charge is 0.487 e. The minimum atomic E-state index is -0.611. The van der Waals surface area contributed by atoms with Gasteiger partial charge in [-0.25, -0.2) is 9.79 Å². The third kappa shape index (κ3) is 5.81. The molecule has 202 valence electrons. The maximum atomic E-state index is 13.9. The smallest absolute Gasteiger partial charge is 0.338 e. The molecule has 0 unspecified atom stereocenters. The van der Waals surface area contributed by atoms with Crippen LogP contribution in [0.5, 0.6) is 5.75 Å². The molecule has 0 radical (unpaired) electrons. The van der Waals surface area contributed by atoms with Crippen LogP contribution in [0.2, 0.25) is 0 Å². The Bertz CT molecular complexity index is 1850. The lowest BCUT2D eigenvalue weighted by Crippen LogP contribution is -2.39. The van der Waals surface area contributed by atoms with E-state index in [9.17, 15) is 9.59 Å². The zero-order chi connectivity index (χ0) is 28.4. The molecule has 1 atom stereocenters. The average molecular weight is 793 g/mol. The van der Waals surface area contributed by atoms with Gasteiger partial charge in [-0.1, -0.05) is 29.5 Å². The number of halogens is 2. The summed E-state index contributed by atoms with van der Waals surface area (Å²) in [5, 5.41) is 11.0. The summed E-state index contributed by atoms with van der Waals surface area (Å²) < 4.78 is 15.6. The molecule has 11 heteroatoms. The predicted octanol–water partition coefficient (Wildman–Crippen LogP) is 5.52. The monoisotopic (exact) mass is 793 g/mol. The molecule has 0 saturated carbocycles. The lowest BCUT2D eigenvalue weighted by molar-refractivity contribution is -0.139. The van der Waals surface area contributed by atoms with Crippen LogP contribution in [0.3, 0.4) is 0 Å². The van der Waals surface area contributed by atoms with Crippen molar-refractivity contribution in [3.63, 3.8) is 0 Å². The summed E-state index contributed by atoms with van der Waals surface area (Å²) in [4.78, 5) is 32.9. The van der Waals surface area contributed by atoms with Gasteiger partial charge in [-0.15, -0.1) is 11.3 Å². The van der Waals surface area contributed by atoms with Crippen LogP contribution in [-0.4, -0.2) is 17.1 Å². The summed E-state index contributed by atoms with van der Waals surface area (Å²) in [5.41, 5.74) is 2.97. The molecule has 2 aromatic carbocycles. The van der Waals surface area contributed by atoms with E-state index in [2.05, 4.69) is 56.2 Å². The first-order chi connectivity index (χ1) is 19.3. The maximum absolute atomic E-state index is 13.9. The number of aromatic nitrogens is 1. The highest BCUT2D eigenvalue weighted by Gasteiger charge is 2.34. The lowest BCUT2D eigenvalue weighted by Gasteiger charge is -2.23. The Labute approximate surface area is 265 Å². The number of hydrogen-bond acceptors (Lipinski definition) is 8. The fourth-order valence-corrected chi connectivity index (χ4v) is 8.23. The highest BCUT2D eigenvalue weighted by atomic mass is 127. The van der Waals surface area contributed by atoms with Gasteiger partial charge in [0, 0.05) is 14.0 Å². The zero-order valence-electron chi connectivity index (χ0n) is 21.3. The number of thiophene rings is 1. The highest BCUT2D eigenvalue weighted by Crippen LogP contribution is 2.33. The van der Waals surface area contributed by atoms with Crippen molar-refractivity contribution < 1.29 is 14.3 Å². The van der Waals surface area contributed by atoms with Gasteiger partial charge in [-0.2, -0.15) is 5.26 Å². The summed E-state index contributed by atoms with van der Waals surface area (Å²) in [7, 11) is 0. The Kier molecular flexibility index (Phi) is 8.89. The van der Waals surface area contributed by atoms with Gasteiger partial charge in [0.1, 0.15) is 18.4 Å². The number of esters is 1. The fraction of sp³-hybridized carbons (Fsp3) is 0.172. The zero-order valence-corrected chi connectivity index (χ0v) is 27.3. The molecule has 40 heavy (non-hydrogen) atoms. The average Bonchev–Trinajstić information content (AvgIpc) is 3.56. The van der Waals surface area contributed by atoms with Crippen LogP contribution >= 0.6 is 67.9 Å². The van der Waals surface area contributed by atoms with E-state index in [0.717, 1.165) is 23.1 Å². The van der Waals surface area contributed by atoms with Crippen molar-refractivity contribution in [3.8, 4) is 11.8 Å². The first kappa shape index (κ1) is 28.7. The number of benzene rings is 2. The SMILES string of the molecule is CCOC(=O)C1=C(C)N=c2s/c(=C\c3cc(I)cc(I)c3OCc3ccc(C#N)cc3)c(=O)n2[C@@H]1c1cccs1. The minimum absolute atomic E-state index is 0.230. The van der Waals surface area contributed by atoms with Gasteiger partial charge in [0.15, 0.2) is 4.80 Å². The van der Waals surface area contributed by atoms with Crippen molar-refractivity contribution in [1.29, 1.82) is 5.26 Å². The van der Waals surface area contributed by atoms with Gasteiger partial charge in [0.05, 0.1) is 37.6 Å². The number of nitriles is 1. The summed E-state index contributed by atoms with van der Waals surface area (Å²) in [6.45, 7) is 4.08. The Morgan fingerprint density at radius 1 is 1.23 bits per heavy atom. The Morgan fingerprint density at radius 3 is 2.67 bits per heavy atom. The van der Waals surface area contributed by atoms with Crippen molar-refractivity contribution in [1.82, 2.24) is 4.57 Å². The molecule has 0 bridgehead atoms. The molecule has 3 heterocycles. The van der Waals surface area contributed by atoms with E-state index < -0.39 is 12.0 Å². The van der Waals surface area contributed by atoms with Crippen molar-refractivity contribution in [2.75, 3.05) is 6.61 Å². The minimum Gasteiger partial charge on any atom is -0.487 e. The van der Waals surface area contributed by atoms with Gasteiger partial charge in [-0.05, 0) is 106 Å². The molecule has 1 aliphatic rings. The van der Waals surface area contributed by atoms with Crippen LogP contribution in [0.1, 0.15) is 41.5 Å². The first-order valence-electron chi connectivity index (χ1n) is 12.1. The fourth-order valence-electron chi connectivity index (χ4n) is 4.32. The molecule has 4 aromatic rings. The number of allylic oxidation sites excluding steroid dienone is 1. The van der Waals surface area contributed by atoms with E-state index in [-0.39, 0.29) is 12.2 Å². The summed E-state index contributed by atoms with van der Waals surface area (Å²) >= 11 is 7.25. The van der Waals surface area contributed by atoms with Gasteiger partial charge in [0.25, 0.3) is 5.56 Å². The van der Waals surface area contributed by atoms with Crippen molar-refractivity contribution >= 4 is 79.9 Å². The van der Waals surface area contributed by atoms with Crippen LogP contribution in [-0.2, 0) is 16.1 Å². The van der Waals surface area contributed by atoms with Gasteiger partial charge < -0.3 is 9.47 Å². The van der Waals surface area contributed by atoms with Gasteiger partial charge in [0.2, 0.25) is 0 Å². The molecule has 1 aliphatic heterocycles. The molecule has 0 spiro atoms. The van der Waals surface area contributed by atoms with Crippen molar-refractivity contribution in [3.05, 3.63) is 114 Å². The third-order valence-corrected chi connectivity index (χ3v) is 9.45. The van der Waals surface area contributed by atoms with Crippen LogP contribution in [0, 0.1) is 18.5 Å². The third-order valence-electron chi connectivity index (χ3n) is 6.12. The number of carbonyl (C=O) groups excluding carboxylic acids is 1. The molecular weight excluding hydrogens is 772 g/mol. The van der Waals surface area contributed by atoms with E-state index in [4.69, 9.17) is 14.7 Å². The quantitative estimate of drug-likeness (QED) is 0.182. The maximum Gasteiger partial charge on any atom is 0.338 e. The summed E-state index contributed by atoms with van der Waals surface area (Å²) in [6, 6.07) is 16.6. The molecule has 0 amide bonds. The van der Waals surface area contributed by atoms with Crippen LogP contribution in [0.15, 0.2) is 75.0 Å². The summed E-state index contributed by atoms with van der Waals surface area (Å²) in [6.07, 6.45) is 1.83. The molecule has 0 aliphatic carbocycles. The van der Waals surface area contributed by atoms with Crippen LogP contribution in [0.25, 0.3) is 6.08 Å². The first-order valence-corrected chi connectivity index (χ1v) is 16.0. The Hall–Kier alpha value is -2.80. The molecule has 0 fully saturated rings. The molecule has 7 nitrogen and oxygen atoms in total. The lowest BCUT2D eigenvalue weighted by atomic mass is 10.0. The van der Waals surface area contributed by atoms with Crippen LogP contribution < -0.4 is 19.6 Å². The number of hydrogen-bond donors (Lipinski definition) is 0. The molecular formula is C29H21I2N3O4S2. The normalized spacial score (nSPS) is 14.9. The summed E-state index contributed by atoms with van der Waals surface area (Å²) in [5.74, 6) is 0.191. The molecule has 0 saturated heterocycles. The number of nitrogens with zero attached hydrogens (tertiary/aromatic N) is 3. The Balaban J connectivity index is 1.60. The van der Waals surface area contributed by atoms with E-state index in [1.165, 1.54) is 22.7 Å². The van der Waals surface area contributed by atoms with E-state index in [1.807, 2.05) is 47.9 Å². The van der Waals surface area contributed by atoms with Gasteiger partial charge >= 0.3 is 5.97 Å². The second-order valence-corrected chi connectivity index (χ2v) is 13.1. The van der Waals surface area contributed by atoms with Crippen molar-refractivity contribution in [2.45, 2.75) is 26.5 Å². The molecule has 2 aromatic heterocycles. The number of thiazole rings is 1. The van der Waals surface area contributed by atoms with Crippen LogP contribution in [0.4, 0.5) is 0 Å². The molecule has 5 rings (SSSR count). The predicted molar refractivity (Wildman–Crippen MR) is 172 cm³/mol. The number of rotatable bonds is 7. The van der Waals surface area contributed by atoms with E-state index >= 15 is 0 Å². The standard InChI is InChI=1S/C29H21I2N3O4S2/c1-3-37-28(36)24-16(2)33-29-34(25(24)22-5-4-10-39-22)27(35)23(40-29)12-19-11-20(30)13-21(31)26(19)38-15-18-8-6-17(14-32)7-9-18/h4-13,25H,3,15H2,1-2H3/b23-12-/t25-/m1/s1. The van der Waals surface area contributed by atoms with Crippen molar-refractivity contribution in [2.24, 2.45) is 4.99 Å².